The summed E-state index contributed by atoms with van der Waals surface area (Å²) in [5.74, 6) is -2.45. The first-order chi connectivity index (χ1) is 17.2. The van der Waals surface area contributed by atoms with Crippen molar-refractivity contribution in [3.63, 3.8) is 0 Å². The van der Waals surface area contributed by atoms with Crippen LogP contribution in [0.1, 0.15) is 21.5 Å². The van der Waals surface area contributed by atoms with E-state index in [1.165, 1.54) is 7.11 Å². The first kappa shape index (κ1) is 27.0. The van der Waals surface area contributed by atoms with Crippen LogP contribution in [0.25, 0.3) is 0 Å². The molecule has 0 aliphatic rings. The van der Waals surface area contributed by atoms with E-state index in [-0.39, 0.29) is 27.7 Å². The summed E-state index contributed by atoms with van der Waals surface area (Å²) in [4.78, 5) is 42.0. The van der Waals surface area contributed by atoms with E-state index in [1.807, 2.05) is 0 Å². The van der Waals surface area contributed by atoms with Gasteiger partial charge in [-0.05, 0) is 42.0 Å². The molecule has 0 fully saturated rings. The molecule has 0 saturated heterocycles. The van der Waals surface area contributed by atoms with Gasteiger partial charge >= 0.3 is 5.97 Å². The van der Waals surface area contributed by atoms with Gasteiger partial charge in [0.25, 0.3) is 11.8 Å². The van der Waals surface area contributed by atoms with Crippen LogP contribution in [0, 0.1) is 0 Å². The van der Waals surface area contributed by atoms with E-state index in [9.17, 15) is 19.5 Å². The highest BCUT2D eigenvalue weighted by Crippen LogP contribution is 2.25. The monoisotopic (exact) mass is 547 g/mol. The Kier molecular flexibility index (Phi) is 9.30. The van der Waals surface area contributed by atoms with Crippen molar-refractivity contribution in [1.82, 2.24) is 5.32 Å². The summed E-state index contributed by atoms with van der Waals surface area (Å²) in [6, 6.07) is 16.2. The molecule has 3 N–H and O–H groups in total. The lowest BCUT2D eigenvalue weighted by molar-refractivity contribution is -0.141. The first-order valence-electron chi connectivity index (χ1n) is 10.4. The van der Waals surface area contributed by atoms with Gasteiger partial charge in [0, 0.05) is 22.7 Å². The van der Waals surface area contributed by atoms with E-state index in [2.05, 4.69) is 15.8 Å². The topological polar surface area (TPSA) is 117 Å². The second-order valence-electron chi connectivity index (χ2n) is 7.45. The van der Waals surface area contributed by atoms with Crippen molar-refractivity contribution in [2.24, 2.45) is 5.16 Å². The number of anilines is 1. The zero-order valence-corrected chi connectivity index (χ0v) is 21.1. The summed E-state index contributed by atoms with van der Waals surface area (Å²) in [6.07, 6.45) is -0.0213. The number of nitrogens with zero attached hydrogens (tertiary/aromatic N) is 1. The summed E-state index contributed by atoms with van der Waals surface area (Å²) < 4.78 is 0. The number of carbonyl (C=O) groups is 3. The average molecular weight is 549 g/mol. The van der Waals surface area contributed by atoms with E-state index >= 15 is 0 Å². The third kappa shape index (κ3) is 6.97. The minimum Gasteiger partial charge on any atom is -0.480 e. The number of carboxylic acids is 1. The predicted octanol–water partition coefficient (Wildman–Crippen LogP) is 5.06. The van der Waals surface area contributed by atoms with E-state index < -0.39 is 23.8 Å². The maximum atomic E-state index is 12.8. The van der Waals surface area contributed by atoms with E-state index in [4.69, 9.17) is 39.6 Å². The van der Waals surface area contributed by atoms with Gasteiger partial charge in [-0.25, -0.2) is 4.79 Å². The molecule has 11 heteroatoms. The van der Waals surface area contributed by atoms with Crippen molar-refractivity contribution in [2.45, 2.75) is 12.5 Å². The zero-order chi connectivity index (χ0) is 26.2. The number of benzene rings is 3. The standard InChI is InChI=1S/C25H20Cl3N3O5/c1-36-31-22(15-7-9-16(26)10-8-15)24(33)30-20(25(34)35)13-14-5-11-17(12-6-14)29-23(32)21-18(27)3-2-4-19(21)28/h2-12,20H,13H2,1H3,(H,29,32)(H,30,33)(H,34,35)/t20-/m0/s1. The molecule has 0 bridgehead atoms. The fourth-order valence-electron chi connectivity index (χ4n) is 3.22. The van der Waals surface area contributed by atoms with Crippen molar-refractivity contribution in [3.8, 4) is 0 Å². The van der Waals surface area contributed by atoms with Crippen molar-refractivity contribution < 1.29 is 24.3 Å². The summed E-state index contributed by atoms with van der Waals surface area (Å²) in [6.45, 7) is 0. The van der Waals surface area contributed by atoms with Gasteiger partial charge in [-0.3, -0.25) is 9.59 Å². The number of amides is 2. The summed E-state index contributed by atoms with van der Waals surface area (Å²) >= 11 is 18.0. The second-order valence-corrected chi connectivity index (χ2v) is 8.70. The van der Waals surface area contributed by atoms with Crippen molar-refractivity contribution >= 4 is 64.0 Å². The highest BCUT2D eigenvalue weighted by Gasteiger charge is 2.24. The fraction of sp³-hybridized carbons (Fsp3) is 0.120. The Balaban J connectivity index is 1.70. The number of oxime groups is 1. The second kappa shape index (κ2) is 12.4. The molecule has 2 amide bonds. The van der Waals surface area contributed by atoms with E-state index in [0.717, 1.165) is 0 Å². The number of carbonyl (C=O) groups excluding carboxylic acids is 2. The Morgan fingerprint density at radius 3 is 2.11 bits per heavy atom. The van der Waals surface area contributed by atoms with Gasteiger partial charge in [-0.15, -0.1) is 0 Å². The van der Waals surface area contributed by atoms with E-state index in [0.29, 0.717) is 21.8 Å². The summed E-state index contributed by atoms with van der Waals surface area (Å²) in [5, 5.41) is 19.4. The molecule has 8 nitrogen and oxygen atoms in total. The van der Waals surface area contributed by atoms with Crippen molar-refractivity contribution in [1.29, 1.82) is 0 Å². The third-order valence-electron chi connectivity index (χ3n) is 4.96. The Bertz CT molecular complexity index is 1280. The number of carboxylic acid groups (broad SMARTS) is 1. The van der Waals surface area contributed by atoms with Crippen LogP contribution in [-0.2, 0) is 20.8 Å². The quantitative estimate of drug-likeness (QED) is 0.255. The maximum Gasteiger partial charge on any atom is 0.326 e. The van der Waals surface area contributed by atoms with Crippen LogP contribution in [0.15, 0.2) is 71.9 Å². The summed E-state index contributed by atoms with van der Waals surface area (Å²) in [5.41, 5.74) is 1.51. The highest BCUT2D eigenvalue weighted by molar-refractivity contribution is 6.45. The number of aliphatic carboxylic acids is 1. The van der Waals surface area contributed by atoms with E-state index in [1.54, 1.807) is 66.7 Å². The van der Waals surface area contributed by atoms with Crippen molar-refractivity contribution in [2.75, 3.05) is 12.4 Å². The molecule has 3 rings (SSSR count). The maximum absolute atomic E-state index is 12.8. The normalized spacial score (nSPS) is 11.9. The zero-order valence-electron chi connectivity index (χ0n) is 18.8. The van der Waals surface area contributed by atoms with Crippen LogP contribution in [-0.4, -0.2) is 41.8 Å². The van der Waals surface area contributed by atoms with Crippen LogP contribution in [0.4, 0.5) is 5.69 Å². The Morgan fingerprint density at radius 2 is 1.56 bits per heavy atom. The number of halogens is 3. The molecule has 0 heterocycles. The van der Waals surface area contributed by atoms with Gasteiger partial charge < -0.3 is 20.6 Å². The van der Waals surface area contributed by atoms with Crippen LogP contribution in [0.2, 0.25) is 15.1 Å². The number of hydrogen-bond acceptors (Lipinski definition) is 5. The predicted molar refractivity (Wildman–Crippen MR) is 139 cm³/mol. The third-order valence-corrected chi connectivity index (χ3v) is 5.84. The van der Waals surface area contributed by atoms with Crippen LogP contribution < -0.4 is 10.6 Å². The lowest BCUT2D eigenvalue weighted by atomic mass is 10.0. The average Bonchev–Trinajstić information content (AvgIpc) is 2.83. The Morgan fingerprint density at radius 1 is 0.944 bits per heavy atom. The number of rotatable bonds is 9. The van der Waals surface area contributed by atoms with Crippen molar-refractivity contribution in [3.05, 3.63) is 98.5 Å². The molecular weight excluding hydrogens is 529 g/mol. The van der Waals surface area contributed by atoms with Crippen LogP contribution >= 0.6 is 34.8 Å². The minimum atomic E-state index is -1.26. The van der Waals surface area contributed by atoms with Crippen LogP contribution in [0.5, 0.6) is 0 Å². The lowest BCUT2D eigenvalue weighted by Crippen LogP contribution is -2.45. The Labute approximate surface area is 221 Å². The van der Waals surface area contributed by atoms with Gasteiger partial charge in [-0.1, -0.05) is 70.3 Å². The Hall–Kier alpha value is -3.59. The molecule has 1 atom stereocenters. The first-order valence-corrected chi connectivity index (χ1v) is 11.6. The van der Waals surface area contributed by atoms with Gasteiger partial charge in [0.1, 0.15) is 13.2 Å². The van der Waals surface area contributed by atoms with Gasteiger partial charge in [0.2, 0.25) is 0 Å². The fourth-order valence-corrected chi connectivity index (χ4v) is 3.91. The molecule has 0 spiro atoms. The largest absolute Gasteiger partial charge is 0.480 e. The van der Waals surface area contributed by atoms with Crippen LogP contribution in [0.3, 0.4) is 0 Å². The molecular formula is C25H20Cl3N3O5. The smallest absolute Gasteiger partial charge is 0.326 e. The molecule has 0 radical (unpaired) electrons. The molecule has 0 aromatic heterocycles. The molecule has 0 unspecified atom stereocenters. The minimum absolute atomic E-state index is 0.0213. The molecule has 0 saturated carbocycles. The molecule has 186 valence electrons. The molecule has 36 heavy (non-hydrogen) atoms. The number of nitrogens with one attached hydrogen (secondary N) is 2. The molecule has 3 aromatic carbocycles. The number of hydrogen-bond donors (Lipinski definition) is 3. The van der Waals surface area contributed by atoms with Gasteiger partial charge in [0.05, 0.1) is 15.6 Å². The highest BCUT2D eigenvalue weighted by atomic mass is 35.5. The summed E-state index contributed by atoms with van der Waals surface area (Å²) in [7, 11) is 1.28. The SMILES string of the molecule is CON=C(C(=O)N[C@@H](Cc1ccc(NC(=O)c2c(Cl)cccc2Cl)cc1)C(=O)O)c1ccc(Cl)cc1. The lowest BCUT2D eigenvalue weighted by Gasteiger charge is -2.16. The molecule has 0 aliphatic carbocycles. The molecule has 3 aromatic rings. The van der Waals surface area contributed by atoms with Gasteiger partial charge in [0.15, 0.2) is 5.71 Å². The van der Waals surface area contributed by atoms with Gasteiger partial charge in [-0.2, -0.15) is 0 Å². The molecule has 0 aliphatic heterocycles.